The molecule has 0 aliphatic carbocycles. The maximum absolute atomic E-state index is 10.1. The van der Waals surface area contributed by atoms with E-state index in [9.17, 15) is 9.59 Å². The van der Waals surface area contributed by atoms with Gasteiger partial charge < -0.3 is 10.8 Å². The van der Waals surface area contributed by atoms with Gasteiger partial charge in [-0.3, -0.25) is 10.2 Å². The SMILES string of the molecule is Cl.NNC(N)=O.O=Cc1ccccc1O. The maximum Gasteiger partial charge on any atom is 0.326 e. The van der Waals surface area contributed by atoms with Crippen molar-refractivity contribution < 1.29 is 14.7 Å². The summed E-state index contributed by atoms with van der Waals surface area (Å²) in [5.41, 5.74) is 6.41. The summed E-state index contributed by atoms with van der Waals surface area (Å²) in [4.78, 5) is 19.4. The lowest BCUT2D eigenvalue weighted by molar-refractivity contribution is 0.112. The van der Waals surface area contributed by atoms with E-state index < -0.39 is 6.03 Å². The number of amides is 2. The maximum atomic E-state index is 10.1. The van der Waals surface area contributed by atoms with Crippen LogP contribution in [0.15, 0.2) is 24.3 Å². The predicted octanol–water partition coefficient (Wildman–Crippen LogP) is 0.155. The molecular weight excluding hydrogens is 222 g/mol. The largest absolute Gasteiger partial charge is 0.507 e. The van der Waals surface area contributed by atoms with E-state index >= 15 is 0 Å². The van der Waals surface area contributed by atoms with Crippen molar-refractivity contribution in [2.75, 3.05) is 0 Å². The quantitative estimate of drug-likeness (QED) is 0.239. The molecule has 0 aliphatic rings. The van der Waals surface area contributed by atoms with Crippen molar-refractivity contribution in [1.29, 1.82) is 0 Å². The number of aromatic hydroxyl groups is 1. The molecule has 0 bridgehead atoms. The average molecular weight is 234 g/mol. The molecule has 1 aromatic carbocycles. The standard InChI is InChI=1S/C7H6O2.CH5N3O.ClH/c8-5-6-3-1-2-4-7(6)9;2-1(5)4-3;/h1-5,9H;3H2,(H3,2,4,5);1H. The first-order chi connectivity index (χ1) is 6.61. The van der Waals surface area contributed by atoms with Gasteiger partial charge in [0.15, 0.2) is 6.29 Å². The molecular formula is C8H12ClN3O3. The minimum Gasteiger partial charge on any atom is -0.507 e. The summed E-state index contributed by atoms with van der Waals surface area (Å²) in [6, 6.07) is 5.68. The first-order valence-electron chi connectivity index (χ1n) is 3.61. The lowest BCUT2D eigenvalue weighted by atomic mass is 10.2. The van der Waals surface area contributed by atoms with Crippen LogP contribution in [0.1, 0.15) is 10.4 Å². The molecule has 0 saturated heterocycles. The van der Waals surface area contributed by atoms with Crippen molar-refractivity contribution >= 4 is 24.7 Å². The zero-order chi connectivity index (χ0) is 11.0. The molecule has 0 fully saturated rings. The number of rotatable bonds is 1. The summed E-state index contributed by atoms with van der Waals surface area (Å²) < 4.78 is 0. The number of hydrogen-bond acceptors (Lipinski definition) is 4. The molecule has 0 radical (unpaired) electrons. The molecule has 84 valence electrons. The molecule has 0 atom stereocenters. The van der Waals surface area contributed by atoms with Crippen molar-refractivity contribution in [3.05, 3.63) is 29.8 Å². The predicted molar refractivity (Wildman–Crippen MR) is 57.6 cm³/mol. The minimum atomic E-state index is -0.718. The molecule has 0 unspecified atom stereocenters. The first kappa shape index (κ1) is 15.7. The fourth-order valence-corrected chi connectivity index (χ4v) is 0.587. The van der Waals surface area contributed by atoms with Gasteiger partial charge in [0.05, 0.1) is 5.56 Å². The topological polar surface area (TPSA) is 118 Å². The Balaban J connectivity index is 0. The highest BCUT2D eigenvalue weighted by molar-refractivity contribution is 5.85. The van der Waals surface area contributed by atoms with Crippen LogP contribution in [0.4, 0.5) is 4.79 Å². The van der Waals surface area contributed by atoms with Crippen molar-refractivity contribution in [3.63, 3.8) is 0 Å². The minimum absolute atomic E-state index is 0. The molecule has 15 heavy (non-hydrogen) atoms. The highest BCUT2D eigenvalue weighted by Crippen LogP contribution is 2.11. The number of benzene rings is 1. The Labute approximate surface area is 92.6 Å². The number of urea groups is 1. The Morgan fingerprint density at radius 3 is 2.13 bits per heavy atom. The number of carbonyl (C=O) groups is 2. The van der Waals surface area contributed by atoms with Crippen LogP contribution < -0.4 is 17.0 Å². The summed E-state index contributed by atoms with van der Waals surface area (Å²) >= 11 is 0. The van der Waals surface area contributed by atoms with E-state index in [1.165, 1.54) is 6.07 Å². The van der Waals surface area contributed by atoms with Gasteiger partial charge in [-0.25, -0.2) is 10.6 Å². The van der Waals surface area contributed by atoms with Crippen molar-refractivity contribution in [2.45, 2.75) is 0 Å². The van der Waals surface area contributed by atoms with Crippen LogP contribution in [0.2, 0.25) is 0 Å². The highest BCUT2D eigenvalue weighted by atomic mass is 35.5. The molecule has 1 rings (SSSR count). The number of carbonyl (C=O) groups excluding carboxylic acids is 2. The van der Waals surface area contributed by atoms with Gasteiger partial charge in [0.2, 0.25) is 0 Å². The van der Waals surface area contributed by atoms with E-state index in [-0.39, 0.29) is 18.2 Å². The van der Waals surface area contributed by atoms with E-state index in [1.807, 2.05) is 0 Å². The molecule has 6 nitrogen and oxygen atoms in total. The van der Waals surface area contributed by atoms with Crippen LogP contribution in [0.5, 0.6) is 5.75 Å². The molecule has 0 heterocycles. The van der Waals surface area contributed by atoms with Gasteiger partial charge in [-0.15, -0.1) is 12.4 Å². The number of hydrazine groups is 1. The Bertz CT molecular complexity index is 320. The summed E-state index contributed by atoms with van der Waals surface area (Å²) in [7, 11) is 0. The zero-order valence-electron chi connectivity index (χ0n) is 7.71. The van der Waals surface area contributed by atoms with Gasteiger partial charge in [0.25, 0.3) is 0 Å². The van der Waals surface area contributed by atoms with E-state index in [2.05, 4.69) is 11.6 Å². The van der Waals surface area contributed by atoms with Gasteiger partial charge in [-0.05, 0) is 12.1 Å². The van der Waals surface area contributed by atoms with Gasteiger partial charge in [-0.2, -0.15) is 0 Å². The number of aldehydes is 1. The molecule has 0 aliphatic heterocycles. The summed E-state index contributed by atoms with van der Waals surface area (Å²) in [6.07, 6.45) is 0.620. The van der Waals surface area contributed by atoms with Crippen molar-refractivity contribution in [3.8, 4) is 5.75 Å². The number of nitrogens with one attached hydrogen (secondary N) is 1. The summed E-state index contributed by atoms with van der Waals surface area (Å²) in [5.74, 6) is 4.48. The second kappa shape index (κ2) is 8.79. The monoisotopic (exact) mass is 233 g/mol. The summed E-state index contributed by atoms with van der Waals surface area (Å²) in [6.45, 7) is 0. The Kier molecular flexibility index (Phi) is 9.19. The normalized spacial score (nSPS) is 7.53. The number of nitrogens with two attached hydrogens (primary N) is 2. The van der Waals surface area contributed by atoms with Crippen LogP contribution in [0.25, 0.3) is 0 Å². The second-order valence-corrected chi connectivity index (χ2v) is 2.19. The lowest BCUT2D eigenvalue weighted by Crippen LogP contribution is -2.34. The average Bonchev–Trinajstić information content (AvgIpc) is 2.19. The van der Waals surface area contributed by atoms with Gasteiger partial charge in [0.1, 0.15) is 5.75 Å². The molecule has 0 aromatic heterocycles. The van der Waals surface area contributed by atoms with E-state index in [0.717, 1.165) is 0 Å². The molecule has 0 spiro atoms. The number of phenols is 1. The van der Waals surface area contributed by atoms with E-state index in [1.54, 1.807) is 23.6 Å². The number of halogens is 1. The Morgan fingerprint density at radius 2 is 1.87 bits per heavy atom. The third-order valence-electron chi connectivity index (χ3n) is 1.21. The highest BCUT2D eigenvalue weighted by Gasteiger charge is 1.93. The molecule has 7 heteroatoms. The lowest BCUT2D eigenvalue weighted by Gasteiger charge is -1.91. The summed E-state index contributed by atoms with van der Waals surface area (Å²) in [5, 5.41) is 8.88. The van der Waals surface area contributed by atoms with E-state index in [4.69, 9.17) is 5.11 Å². The fourth-order valence-electron chi connectivity index (χ4n) is 0.587. The third-order valence-corrected chi connectivity index (χ3v) is 1.21. The van der Waals surface area contributed by atoms with Gasteiger partial charge >= 0.3 is 6.03 Å². The second-order valence-electron chi connectivity index (χ2n) is 2.19. The number of hydrogen-bond donors (Lipinski definition) is 4. The van der Waals surface area contributed by atoms with E-state index in [0.29, 0.717) is 11.8 Å². The number of primary amides is 1. The van der Waals surface area contributed by atoms with Crippen molar-refractivity contribution in [2.24, 2.45) is 11.6 Å². The van der Waals surface area contributed by atoms with Gasteiger partial charge in [0, 0.05) is 0 Å². The van der Waals surface area contributed by atoms with Crippen LogP contribution in [0.3, 0.4) is 0 Å². The fraction of sp³-hybridized carbons (Fsp3) is 0. The van der Waals surface area contributed by atoms with Crippen LogP contribution >= 0.6 is 12.4 Å². The molecule has 2 amide bonds. The third kappa shape index (κ3) is 7.29. The first-order valence-corrected chi connectivity index (χ1v) is 3.61. The molecule has 1 aromatic rings. The molecule has 0 saturated carbocycles. The van der Waals surface area contributed by atoms with Crippen molar-refractivity contribution in [1.82, 2.24) is 5.43 Å². The van der Waals surface area contributed by atoms with Crippen LogP contribution in [-0.4, -0.2) is 17.4 Å². The Morgan fingerprint density at radius 1 is 1.40 bits per heavy atom. The molecule has 6 N–H and O–H groups in total. The number of para-hydroxylation sites is 1. The number of phenolic OH excluding ortho intramolecular Hbond substituents is 1. The van der Waals surface area contributed by atoms with Gasteiger partial charge in [-0.1, -0.05) is 12.1 Å². The Hall–Kier alpha value is -1.79. The van der Waals surface area contributed by atoms with Crippen LogP contribution in [0, 0.1) is 0 Å². The van der Waals surface area contributed by atoms with Crippen LogP contribution in [-0.2, 0) is 0 Å². The zero-order valence-corrected chi connectivity index (χ0v) is 8.53. The smallest absolute Gasteiger partial charge is 0.326 e.